The highest BCUT2D eigenvalue weighted by molar-refractivity contribution is 5.85. The Bertz CT molecular complexity index is 355. The summed E-state index contributed by atoms with van der Waals surface area (Å²) in [6.45, 7) is 0. The lowest BCUT2D eigenvalue weighted by molar-refractivity contribution is 1.15. The molecular formula is C7H8ClN3. The summed E-state index contributed by atoms with van der Waals surface area (Å²) < 4.78 is 1.93. The molecule has 0 saturated carbocycles. The molecule has 0 aliphatic carbocycles. The van der Waals surface area contributed by atoms with Crippen LogP contribution in [0.2, 0.25) is 0 Å². The van der Waals surface area contributed by atoms with Gasteiger partial charge in [-0.1, -0.05) is 0 Å². The summed E-state index contributed by atoms with van der Waals surface area (Å²) in [5.41, 5.74) is 6.52. The number of nitrogens with two attached hydrogens (primary N) is 1. The molecule has 11 heavy (non-hydrogen) atoms. The van der Waals surface area contributed by atoms with Crippen LogP contribution in [0.15, 0.2) is 30.7 Å². The lowest BCUT2D eigenvalue weighted by atomic mass is 10.5. The summed E-state index contributed by atoms with van der Waals surface area (Å²) in [6.07, 6.45) is 5.47. The Morgan fingerprint density at radius 1 is 1.45 bits per heavy atom. The van der Waals surface area contributed by atoms with Crippen LogP contribution in [0.25, 0.3) is 5.52 Å². The normalized spacial score (nSPS) is 9.45. The van der Waals surface area contributed by atoms with Gasteiger partial charge in [0.2, 0.25) is 0 Å². The molecule has 2 heterocycles. The van der Waals surface area contributed by atoms with Crippen molar-refractivity contribution in [3.05, 3.63) is 30.7 Å². The molecule has 2 N–H and O–H groups in total. The van der Waals surface area contributed by atoms with Crippen molar-refractivity contribution in [2.45, 2.75) is 0 Å². The van der Waals surface area contributed by atoms with E-state index in [2.05, 4.69) is 4.98 Å². The second-order valence-electron chi connectivity index (χ2n) is 2.15. The first kappa shape index (κ1) is 7.88. The van der Waals surface area contributed by atoms with Gasteiger partial charge in [0, 0.05) is 6.20 Å². The van der Waals surface area contributed by atoms with Gasteiger partial charge in [-0.05, 0) is 12.1 Å². The predicted molar refractivity (Wildman–Crippen MR) is 46.9 cm³/mol. The predicted octanol–water partition coefficient (Wildman–Crippen LogP) is 1.34. The van der Waals surface area contributed by atoms with Crippen LogP contribution in [0.4, 0.5) is 5.82 Å². The fourth-order valence-electron chi connectivity index (χ4n) is 0.950. The van der Waals surface area contributed by atoms with Crippen molar-refractivity contribution >= 4 is 23.7 Å². The van der Waals surface area contributed by atoms with Gasteiger partial charge in [0.1, 0.15) is 5.82 Å². The zero-order valence-electron chi connectivity index (χ0n) is 5.77. The van der Waals surface area contributed by atoms with E-state index < -0.39 is 0 Å². The van der Waals surface area contributed by atoms with Crippen LogP contribution in [0.3, 0.4) is 0 Å². The molecule has 0 aromatic carbocycles. The highest BCUT2D eigenvalue weighted by atomic mass is 35.5. The van der Waals surface area contributed by atoms with Crippen LogP contribution >= 0.6 is 12.4 Å². The molecule has 0 amide bonds. The van der Waals surface area contributed by atoms with Crippen LogP contribution < -0.4 is 5.73 Å². The van der Waals surface area contributed by atoms with Crippen LogP contribution in [0.5, 0.6) is 0 Å². The van der Waals surface area contributed by atoms with Crippen molar-refractivity contribution in [3.8, 4) is 0 Å². The van der Waals surface area contributed by atoms with Crippen molar-refractivity contribution in [3.63, 3.8) is 0 Å². The van der Waals surface area contributed by atoms with Gasteiger partial charge >= 0.3 is 0 Å². The summed E-state index contributed by atoms with van der Waals surface area (Å²) >= 11 is 0. The Balaban J connectivity index is 0.000000605. The number of aromatic nitrogens is 2. The fourth-order valence-corrected chi connectivity index (χ4v) is 0.950. The highest BCUT2D eigenvalue weighted by Gasteiger charge is 1.90. The molecule has 0 aliphatic rings. The highest BCUT2D eigenvalue weighted by Crippen LogP contribution is 2.03. The summed E-state index contributed by atoms with van der Waals surface area (Å²) in [7, 11) is 0. The largest absolute Gasteiger partial charge is 0.382 e. The number of hydrogen-bond donors (Lipinski definition) is 1. The standard InChI is InChI=1S/C7H7N3.ClH/c8-7-5-10-3-1-2-6(10)4-9-7;/h1-5H,8H2;1H. The third kappa shape index (κ3) is 1.28. The maximum Gasteiger partial charge on any atom is 0.140 e. The molecule has 2 aromatic rings. The van der Waals surface area contributed by atoms with Gasteiger partial charge in [0.05, 0.1) is 17.9 Å². The molecule has 0 saturated heterocycles. The van der Waals surface area contributed by atoms with Crippen molar-refractivity contribution < 1.29 is 0 Å². The summed E-state index contributed by atoms with van der Waals surface area (Å²) in [6, 6.07) is 3.93. The van der Waals surface area contributed by atoms with Gasteiger partial charge in [0.25, 0.3) is 0 Å². The van der Waals surface area contributed by atoms with E-state index in [9.17, 15) is 0 Å². The number of fused-ring (bicyclic) bond motifs is 1. The Kier molecular flexibility index (Phi) is 2.01. The van der Waals surface area contributed by atoms with Gasteiger partial charge in [0.15, 0.2) is 0 Å². The maximum absolute atomic E-state index is 5.45. The third-order valence-corrected chi connectivity index (χ3v) is 1.43. The van der Waals surface area contributed by atoms with Gasteiger partial charge in [-0.3, -0.25) is 0 Å². The average Bonchev–Trinajstić information content (AvgIpc) is 2.33. The molecule has 2 rings (SSSR count). The average molecular weight is 170 g/mol. The van der Waals surface area contributed by atoms with E-state index >= 15 is 0 Å². The van der Waals surface area contributed by atoms with E-state index in [4.69, 9.17) is 5.73 Å². The summed E-state index contributed by atoms with van der Waals surface area (Å²) in [5.74, 6) is 0.545. The van der Waals surface area contributed by atoms with Crippen LogP contribution in [0.1, 0.15) is 0 Å². The second kappa shape index (κ2) is 2.80. The zero-order valence-corrected chi connectivity index (χ0v) is 6.58. The number of rotatable bonds is 0. The number of anilines is 1. The van der Waals surface area contributed by atoms with E-state index in [0.29, 0.717) is 5.82 Å². The molecule has 3 nitrogen and oxygen atoms in total. The molecule has 0 fully saturated rings. The van der Waals surface area contributed by atoms with Crippen molar-refractivity contribution in [2.24, 2.45) is 0 Å². The smallest absolute Gasteiger partial charge is 0.140 e. The van der Waals surface area contributed by atoms with Crippen molar-refractivity contribution in [1.82, 2.24) is 9.38 Å². The summed E-state index contributed by atoms with van der Waals surface area (Å²) in [5, 5.41) is 0. The maximum atomic E-state index is 5.45. The minimum Gasteiger partial charge on any atom is -0.382 e. The summed E-state index contributed by atoms with van der Waals surface area (Å²) in [4.78, 5) is 3.94. The van der Waals surface area contributed by atoms with E-state index in [-0.39, 0.29) is 12.4 Å². The first-order valence-electron chi connectivity index (χ1n) is 3.04. The van der Waals surface area contributed by atoms with Crippen molar-refractivity contribution in [2.75, 3.05) is 5.73 Å². The molecule has 2 aromatic heterocycles. The monoisotopic (exact) mass is 169 g/mol. The lowest BCUT2D eigenvalue weighted by Crippen LogP contribution is -1.92. The number of hydrogen-bond acceptors (Lipinski definition) is 2. The van der Waals surface area contributed by atoms with Gasteiger partial charge in [-0.25, -0.2) is 4.98 Å². The first-order valence-corrected chi connectivity index (χ1v) is 3.04. The second-order valence-corrected chi connectivity index (χ2v) is 2.15. The topological polar surface area (TPSA) is 43.3 Å². The van der Waals surface area contributed by atoms with E-state index in [1.54, 1.807) is 12.4 Å². The zero-order chi connectivity index (χ0) is 6.97. The van der Waals surface area contributed by atoms with Gasteiger partial charge < -0.3 is 10.1 Å². The molecule has 0 spiro atoms. The Labute approximate surface area is 70.3 Å². The lowest BCUT2D eigenvalue weighted by Gasteiger charge is -1.93. The molecule has 0 radical (unpaired) electrons. The SMILES string of the molecule is Cl.Nc1cn2cccc2cn1. The molecule has 0 aliphatic heterocycles. The van der Waals surface area contributed by atoms with Crippen LogP contribution in [0, 0.1) is 0 Å². The van der Waals surface area contributed by atoms with E-state index in [0.717, 1.165) is 5.52 Å². The Hall–Kier alpha value is -1.22. The van der Waals surface area contributed by atoms with Crippen LogP contribution in [-0.2, 0) is 0 Å². The molecule has 4 heteroatoms. The van der Waals surface area contributed by atoms with E-state index in [1.807, 2.05) is 22.7 Å². The number of halogens is 1. The molecule has 0 unspecified atom stereocenters. The molecule has 0 bridgehead atoms. The minimum absolute atomic E-state index is 0. The first-order chi connectivity index (χ1) is 4.86. The van der Waals surface area contributed by atoms with Gasteiger partial charge in [-0.2, -0.15) is 0 Å². The molecular weight excluding hydrogens is 162 g/mol. The fraction of sp³-hybridized carbons (Fsp3) is 0. The van der Waals surface area contributed by atoms with Crippen LogP contribution in [-0.4, -0.2) is 9.38 Å². The van der Waals surface area contributed by atoms with Gasteiger partial charge in [-0.15, -0.1) is 12.4 Å². The number of nitrogens with zero attached hydrogens (tertiary/aromatic N) is 2. The Morgan fingerprint density at radius 3 is 3.09 bits per heavy atom. The van der Waals surface area contributed by atoms with Crippen molar-refractivity contribution in [1.29, 1.82) is 0 Å². The molecule has 58 valence electrons. The molecule has 0 atom stereocenters. The Morgan fingerprint density at radius 2 is 2.27 bits per heavy atom. The van der Waals surface area contributed by atoms with E-state index in [1.165, 1.54) is 0 Å². The third-order valence-electron chi connectivity index (χ3n) is 1.43. The minimum atomic E-state index is 0. The quantitative estimate of drug-likeness (QED) is 0.647. The number of nitrogen functional groups attached to an aromatic ring is 1.